The maximum Gasteiger partial charge on any atom is 0.0130 e. The highest BCUT2D eigenvalue weighted by Gasteiger charge is 2.18. The smallest absolute Gasteiger partial charge is 0.0130 e. The van der Waals surface area contributed by atoms with Crippen LogP contribution in [0.2, 0.25) is 0 Å². The van der Waals surface area contributed by atoms with E-state index >= 15 is 0 Å². The van der Waals surface area contributed by atoms with E-state index in [0.29, 0.717) is 6.04 Å². The summed E-state index contributed by atoms with van der Waals surface area (Å²) in [6.07, 6.45) is 1.18. The molecule has 0 aromatic heterocycles. The minimum absolute atomic E-state index is 0.698. The van der Waals surface area contributed by atoms with Gasteiger partial charge < -0.3 is 4.90 Å². The van der Waals surface area contributed by atoms with Crippen molar-refractivity contribution in [3.8, 4) is 0 Å². The maximum atomic E-state index is 2.59. The lowest BCUT2D eigenvalue weighted by atomic mass is 10.1. The zero-order chi connectivity index (χ0) is 13.0. The predicted molar refractivity (Wildman–Crippen MR) is 86.0 cm³/mol. The Kier molecular flexibility index (Phi) is 5.45. The van der Waals surface area contributed by atoms with Crippen molar-refractivity contribution in [3.63, 3.8) is 0 Å². The zero-order valence-electron chi connectivity index (χ0n) is 11.4. The molecular formula is C15H23IN2. The van der Waals surface area contributed by atoms with Gasteiger partial charge in [0.15, 0.2) is 0 Å². The lowest BCUT2D eigenvalue weighted by molar-refractivity contribution is 0.109. The van der Waals surface area contributed by atoms with E-state index in [1.165, 1.54) is 48.3 Å². The van der Waals surface area contributed by atoms with E-state index in [2.05, 4.69) is 70.5 Å². The minimum Gasteiger partial charge on any atom is -0.300 e. The minimum atomic E-state index is 0.698. The average molecular weight is 358 g/mol. The largest absolute Gasteiger partial charge is 0.300 e. The van der Waals surface area contributed by atoms with Gasteiger partial charge in [0.2, 0.25) is 0 Å². The number of hydrogen-bond donors (Lipinski definition) is 0. The third-order valence-electron chi connectivity index (χ3n) is 3.77. The van der Waals surface area contributed by atoms with Crippen LogP contribution in [0.5, 0.6) is 0 Å². The molecule has 1 aliphatic heterocycles. The van der Waals surface area contributed by atoms with Crippen molar-refractivity contribution >= 4 is 22.6 Å². The first-order valence-corrected chi connectivity index (χ1v) is 7.94. The van der Waals surface area contributed by atoms with E-state index in [4.69, 9.17) is 0 Å². The number of benzene rings is 1. The fraction of sp³-hybridized carbons (Fsp3) is 0.600. The standard InChI is InChI=1S/C15H23IN2/c1-13(2)18-11-9-17(10-12-18)8-7-14-3-5-15(16)6-4-14/h3-6,13H,7-12H2,1-2H3. The lowest BCUT2D eigenvalue weighted by Crippen LogP contribution is -2.49. The highest BCUT2D eigenvalue weighted by atomic mass is 127. The van der Waals surface area contributed by atoms with E-state index in [1.54, 1.807) is 0 Å². The fourth-order valence-corrected chi connectivity index (χ4v) is 2.80. The molecule has 0 radical (unpaired) electrons. The van der Waals surface area contributed by atoms with Crippen LogP contribution in [0.15, 0.2) is 24.3 Å². The van der Waals surface area contributed by atoms with Crippen LogP contribution in [0.3, 0.4) is 0 Å². The van der Waals surface area contributed by atoms with Gasteiger partial charge in [-0.05, 0) is 60.6 Å². The summed E-state index contributed by atoms with van der Waals surface area (Å²) < 4.78 is 1.32. The molecule has 0 spiro atoms. The molecule has 0 aliphatic carbocycles. The molecule has 1 heterocycles. The Hall–Kier alpha value is -0.130. The molecule has 2 rings (SSSR count). The van der Waals surface area contributed by atoms with Gasteiger partial charge in [-0.2, -0.15) is 0 Å². The Balaban J connectivity index is 1.74. The molecule has 100 valence electrons. The van der Waals surface area contributed by atoms with Crippen molar-refractivity contribution in [2.45, 2.75) is 26.3 Å². The van der Waals surface area contributed by atoms with Crippen LogP contribution in [-0.4, -0.2) is 48.6 Å². The van der Waals surface area contributed by atoms with Gasteiger partial charge in [-0.1, -0.05) is 12.1 Å². The molecule has 1 fully saturated rings. The predicted octanol–water partition coefficient (Wildman–Crippen LogP) is 2.86. The van der Waals surface area contributed by atoms with Crippen molar-refractivity contribution in [2.24, 2.45) is 0 Å². The average Bonchev–Trinajstić information content (AvgIpc) is 2.38. The van der Waals surface area contributed by atoms with Gasteiger partial charge in [0.25, 0.3) is 0 Å². The van der Waals surface area contributed by atoms with Gasteiger partial charge in [0, 0.05) is 42.3 Å². The summed E-state index contributed by atoms with van der Waals surface area (Å²) in [5.74, 6) is 0. The summed E-state index contributed by atoms with van der Waals surface area (Å²) in [4.78, 5) is 5.16. The van der Waals surface area contributed by atoms with Crippen LogP contribution < -0.4 is 0 Å². The monoisotopic (exact) mass is 358 g/mol. The first kappa shape index (κ1) is 14.3. The molecule has 2 nitrogen and oxygen atoms in total. The number of piperazine rings is 1. The Morgan fingerprint density at radius 2 is 1.67 bits per heavy atom. The molecule has 3 heteroatoms. The molecule has 1 aromatic carbocycles. The van der Waals surface area contributed by atoms with Gasteiger partial charge >= 0.3 is 0 Å². The van der Waals surface area contributed by atoms with Crippen LogP contribution in [-0.2, 0) is 6.42 Å². The summed E-state index contributed by atoms with van der Waals surface area (Å²) in [5.41, 5.74) is 1.46. The molecule has 1 aliphatic rings. The first-order chi connectivity index (χ1) is 8.65. The number of nitrogens with zero attached hydrogens (tertiary/aromatic N) is 2. The van der Waals surface area contributed by atoms with E-state index in [-0.39, 0.29) is 0 Å². The summed E-state index contributed by atoms with van der Waals surface area (Å²) >= 11 is 2.36. The van der Waals surface area contributed by atoms with Gasteiger partial charge in [0.1, 0.15) is 0 Å². The van der Waals surface area contributed by atoms with E-state index < -0.39 is 0 Å². The molecule has 0 atom stereocenters. The molecule has 0 amide bonds. The van der Waals surface area contributed by atoms with Crippen molar-refractivity contribution in [1.82, 2.24) is 9.80 Å². The van der Waals surface area contributed by atoms with Gasteiger partial charge in [-0.3, -0.25) is 4.90 Å². The highest BCUT2D eigenvalue weighted by molar-refractivity contribution is 14.1. The van der Waals surface area contributed by atoms with Crippen molar-refractivity contribution in [3.05, 3.63) is 33.4 Å². The van der Waals surface area contributed by atoms with Crippen LogP contribution >= 0.6 is 22.6 Å². The normalized spacial score (nSPS) is 18.4. The number of halogens is 1. The Bertz CT molecular complexity index is 353. The van der Waals surface area contributed by atoms with Gasteiger partial charge in [-0.15, -0.1) is 0 Å². The molecule has 0 saturated carbocycles. The molecule has 0 bridgehead atoms. The number of hydrogen-bond acceptors (Lipinski definition) is 2. The molecule has 0 unspecified atom stereocenters. The first-order valence-electron chi connectivity index (χ1n) is 6.86. The third-order valence-corrected chi connectivity index (χ3v) is 4.49. The Morgan fingerprint density at radius 1 is 1.06 bits per heavy atom. The van der Waals surface area contributed by atoms with Crippen molar-refractivity contribution in [1.29, 1.82) is 0 Å². The van der Waals surface area contributed by atoms with E-state index in [1.807, 2.05) is 0 Å². The summed E-state index contributed by atoms with van der Waals surface area (Å²) in [6.45, 7) is 10.7. The SMILES string of the molecule is CC(C)N1CCN(CCc2ccc(I)cc2)CC1. The molecule has 18 heavy (non-hydrogen) atoms. The van der Waals surface area contributed by atoms with Crippen LogP contribution in [0.25, 0.3) is 0 Å². The second kappa shape index (κ2) is 6.87. The third kappa shape index (κ3) is 4.21. The molecular weight excluding hydrogens is 335 g/mol. The summed E-state index contributed by atoms with van der Waals surface area (Å²) in [5, 5.41) is 0. The lowest BCUT2D eigenvalue weighted by Gasteiger charge is -2.36. The second-order valence-electron chi connectivity index (χ2n) is 5.35. The quantitative estimate of drug-likeness (QED) is 0.764. The van der Waals surface area contributed by atoms with E-state index in [0.717, 1.165) is 0 Å². The van der Waals surface area contributed by atoms with Crippen LogP contribution in [0.1, 0.15) is 19.4 Å². The summed E-state index contributed by atoms with van der Waals surface area (Å²) in [6, 6.07) is 9.61. The van der Waals surface area contributed by atoms with Crippen molar-refractivity contribution in [2.75, 3.05) is 32.7 Å². The van der Waals surface area contributed by atoms with Gasteiger partial charge in [-0.25, -0.2) is 0 Å². The second-order valence-corrected chi connectivity index (χ2v) is 6.59. The fourth-order valence-electron chi connectivity index (χ4n) is 2.44. The molecule has 0 N–H and O–H groups in total. The summed E-state index contributed by atoms with van der Waals surface area (Å²) in [7, 11) is 0. The molecule has 1 saturated heterocycles. The topological polar surface area (TPSA) is 6.48 Å². The van der Waals surface area contributed by atoms with Crippen LogP contribution in [0.4, 0.5) is 0 Å². The Morgan fingerprint density at radius 3 is 2.22 bits per heavy atom. The Labute approximate surface area is 124 Å². The number of rotatable bonds is 4. The zero-order valence-corrected chi connectivity index (χ0v) is 13.6. The maximum absolute atomic E-state index is 2.59. The van der Waals surface area contributed by atoms with Gasteiger partial charge in [0.05, 0.1) is 0 Å². The highest BCUT2D eigenvalue weighted by Crippen LogP contribution is 2.10. The van der Waals surface area contributed by atoms with E-state index in [9.17, 15) is 0 Å². The molecule has 1 aromatic rings. The van der Waals surface area contributed by atoms with Crippen LogP contribution in [0, 0.1) is 3.57 Å². The van der Waals surface area contributed by atoms with Crippen molar-refractivity contribution < 1.29 is 0 Å².